The number of rotatable bonds is 3. The largest absolute Gasteiger partial charge is 0.347 e. The third kappa shape index (κ3) is 3.28. The molecule has 5 nitrogen and oxygen atoms in total. The quantitative estimate of drug-likeness (QED) is 0.892. The topological polar surface area (TPSA) is 64.0 Å². The fourth-order valence-corrected chi connectivity index (χ4v) is 1.72. The zero-order chi connectivity index (χ0) is 13.8. The molecule has 19 heavy (non-hydrogen) atoms. The van der Waals surface area contributed by atoms with Gasteiger partial charge in [0.25, 0.3) is 11.5 Å². The van der Waals surface area contributed by atoms with Crippen molar-refractivity contribution in [2.45, 2.75) is 13.5 Å². The van der Waals surface area contributed by atoms with Crippen molar-refractivity contribution in [2.75, 3.05) is 0 Å². The van der Waals surface area contributed by atoms with Crippen LogP contribution in [0.4, 0.5) is 0 Å². The van der Waals surface area contributed by atoms with Crippen LogP contribution in [0.1, 0.15) is 21.6 Å². The molecule has 1 aromatic heterocycles. The first-order chi connectivity index (χ1) is 9.06. The average molecular weight is 257 g/mol. The van der Waals surface area contributed by atoms with Gasteiger partial charge in [0.1, 0.15) is 5.69 Å². The van der Waals surface area contributed by atoms with Gasteiger partial charge in [0.05, 0.1) is 0 Å². The minimum absolute atomic E-state index is 0.231. The fraction of sp³-hybridized carbons (Fsp3) is 0.214. The molecule has 2 aromatic rings. The van der Waals surface area contributed by atoms with E-state index in [2.05, 4.69) is 10.4 Å². The second kappa shape index (κ2) is 5.48. The van der Waals surface area contributed by atoms with Crippen LogP contribution in [-0.4, -0.2) is 15.7 Å². The van der Waals surface area contributed by atoms with E-state index in [1.807, 2.05) is 31.2 Å². The molecule has 1 amide bonds. The van der Waals surface area contributed by atoms with Crippen molar-refractivity contribution < 1.29 is 4.79 Å². The molecule has 1 aromatic carbocycles. The lowest BCUT2D eigenvalue weighted by Gasteiger charge is -2.06. The van der Waals surface area contributed by atoms with Crippen molar-refractivity contribution in [1.82, 2.24) is 15.1 Å². The Morgan fingerprint density at radius 2 is 2.11 bits per heavy atom. The Balaban J connectivity index is 2.05. The van der Waals surface area contributed by atoms with E-state index in [0.29, 0.717) is 6.54 Å². The molecule has 0 spiro atoms. The number of aromatic nitrogens is 2. The van der Waals surface area contributed by atoms with Crippen LogP contribution in [-0.2, 0) is 13.6 Å². The first-order valence-corrected chi connectivity index (χ1v) is 5.94. The van der Waals surface area contributed by atoms with Gasteiger partial charge in [-0.15, -0.1) is 0 Å². The Morgan fingerprint density at radius 3 is 2.79 bits per heavy atom. The minimum atomic E-state index is -0.294. The molecule has 1 heterocycles. The zero-order valence-corrected chi connectivity index (χ0v) is 10.9. The number of amides is 1. The number of benzene rings is 1. The van der Waals surface area contributed by atoms with Gasteiger partial charge in [-0.05, 0) is 18.6 Å². The van der Waals surface area contributed by atoms with Crippen molar-refractivity contribution in [1.29, 1.82) is 0 Å². The maximum atomic E-state index is 11.9. The van der Waals surface area contributed by atoms with Gasteiger partial charge in [-0.25, -0.2) is 4.68 Å². The average Bonchev–Trinajstić information content (AvgIpc) is 2.39. The lowest BCUT2D eigenvalue weighted by atomic mass is 10.1. The fourth-order valence-electron chi connectivity index (χ4n) is 1.72. The van der Waals surface area contributed by atoms with Crippen molar-refractivity contribution in [3.8, 4) is 0 Å². The predicted molar refractivity (Wildman–Crippen MR) is 71.8 cm³/mol. The van der Waals surface area contributed by atoms with Gasteiger partial charge in [-0.2, -0.15) is 5.10 Å². The van der Waals surface area contributed by atoms with Crippen LogP contribution in [0, 0.1) is 6.92 Å². The Kier molecular flexibility index (Phi) is 3.75. The van der Waals surface area contributed by atoms with Crippen LogP contribution in [0.3, 0.4) is 0 Å². The molecule has 98 valence electrons. The second-order valence-electron chi connectivity index (χ2n) is 4.35. The highest BCUT2D eigenvalue weighted by Crippen LogP contribution is 2.03. The maximum absolute atomic E-state index is 11.9. The van der Waals surface area contributed by atoms with E-state index >= 15 is 0 Å². The summed E-state index contributed by atoms with van der Waals surface area (Å²) in [6.45, 7) is 2.44. The molecule has 0 bridgehead atoms. The van der Waals surface area contributed by atoms with Crippen molar-refractivity contribution in [3.05, 3.63) is 63.6 Å². The molecule has 0 unspecified atom stereocenters. The van der Waals surface area contributed by atoms with Gasteiger partial charge in [-0.3, -0.25) is 9.59 Å². The molecular formula is C14H15N3O2. The van der Waals surface area contributed by atoms with Crippen molar-refractivity contribution in [2.24, 2.45) is 7.05 Å². The van der Waals surface area contributed by atoms with Crippen LogP contribution in [0.2, 0.25) is 0 Å². The summed E-state index contributed by atoms with van der Waals surface area (Å²) in [6.07, 6.45) is 0. The summed E-state index contributed by atoms with van der Waals surface area (Å²) in [4.78, 5) is 23.1. The van der Waals surface area contributed by atoms with Crippen LogP contribution in [0.5, 0.6) is 0 Å². The molecule has 1 N–H and O–H groups in total. The molecule has 0 aliphatic rings. The number of carbonyl (C=O) groups excluding carboxylic acids is 1. The molecule has 0 aliphatic heterocycles. The van der Waals surface area contributed by atoms with Gasteiger partial charge in [0.2, 0.25) is 0 Å². The Morgan fingerprint density at radius 1 is 1.32 bits per heavy atom. The normalized spacial score (nSPS) is 10.2. The summed E-state index contributed by atoms with van der Waals surface area (Å²) in [7, 11) is 1.51. The third-order valence-electron chi connectivity index (χ3n) is 2.73. The van der Waals surface area contributed by atoms with Crippen LogP contribution in [0.25, 0.3) is 0 Å². The number of nitrogens with one attached hydrogen (secondary N) is 1. The second-order valence-corrected chi connectivity index (χ2v) is 4.35. The summed E-state index contributed by atoms with van der Waals surface area (Å²) >= 11 is 0. The lowest BCUT2D eigenvalue weighted by Crippen LogP contribution is -2.28. The van der Waals surface area contributed by atoms with E-state index in [1.165, 1.54) is 19.2 Å². The van der Waals surface area contributed by atoms with Gasteiger partial charge < -0.3 is 5.32 Å². The summed E-state index contributed by atoms with van der Waals surface area (Å²) in [6, 6.07) is 10.7. The third-order valence-corrected chi connectivity index (χ3v) is 2.73. The molecule has 0 fully saturated rings. The predicted octanol–water partition coefficient (Wildman–Crippen LogP) is 1.02. The maximum Gasteiger partial charge on any atom is 0.271 e. The van der Waals surface area contributed by atoms with Gasteiger partial charge in [0.15, 0.2) is 0 Å². The van der Waals surface area contributed by atoms with E-state index in [1.54, 1.807) is 0 Å². The first kappa shape index (κ1) is 13.0. The molecule has 0 radical (unpaired) electrons. The minimum Gasteiger partial charge on any atom is -0.347 e. The summed E-state index contributed by atoms with van der Waals surface area (Å²) in [5.74, 6) is -0.294. The van der Waals surface area contributed by atoms with Crippen LogP contribution < -0.4 is 10.9 Å². The SMILES string of the molecule is Cc1cccc(CNC(=O)c2ccc(=O)n(C)n2)c1. The van der Waals surface area contributed by atoms with Gasteiger partial charge in [0, 0.05) is 19.7 Å². The van der Waals surface area contributed by atoms with E-state index in [-0.39, 0.29) is 17.2 Å². The Labute approximate surface area is 110 Å². The molecule has 2 rings (SSSR count). The summed E-state index contributed by atoms with van der Waals surface area (Å²) < 4.78 is 1.14. The molecule has 0 aliphatic carbocycles. The molecule has 5 heteroatoms. The van der Waals surface area contributed by atoms with Crippen LogP contribution in [0.15, 0.2) is 41.2 Å². The monoisotopic (exact) mass is 257 g/mol. The van der Waals surface area contributed by atoms with E-state index in [9.17, 15) is 9.59 Å². The Bertz CT molecular complexity index is 662. The standard InChI is InChI=1S/C14H15N3O2/c1-10-4-3-5-11(8-10)9-15-14(19)12-6-7-13(18)17(2)16-12/h3-8H,9H2,1-2H3,(H,15,19). The molecular weight excluding hydrogens is 242 g/mol. The van der Waals surface area contributed by atoms with E-state index < -0.39 is 0 Å². The highest BCUT2D eigenvalue weighted by Gasteiger charge is 2.07. The highest BCUT2D eigenvalue weighted by atomic mass is 16.2. The number of nitrogens with zero attached hydrogens (tertiary/aromatic N) is 2. The zero-order valence-electron chi connectivity index (χ0n) is 10.9. The number of carbonyl (C=O) groups is 1. The number of hydrogen-bond acceptors (Lipinski definition) is 3. The van der Waals surface area contributed by atoms with E-state index in [4.69, 9.17) is 0 Å². The number of hydrogen-bond donors (Lipinski definition) is 1. The molecule has 0 saturated carbocycles. The van der Waals surface area contributed by atoms with Crippen LogP contribution >= 0.6 is 0 Å². The molecule has 0 atom stereocenters. The van der Waals surface area contributed by atoms with Gasteiger partial charge >= 0.3 is 0 Å². The van der Waals surface area contributed by atoms with Crippen molar-refractivity contribution in [3.63, 3.8) is 0 Å². The summed E-state index contributed by atoms with van der Waals surface area (Å²) in [5, 5.41) is 6.67. The lowest BCUT2D eigenvalue weighted by molar-refractivity contribution is 0.0943. The smallest absolute Gasteiger partial charge is 0.271 e. The Hall–Kier alpha value is -2.43. The number of aryl methyl sites for hydroxylation is 2. The summed E-state index contributed by atoms with van der Waals surface area (Å²) in [5.41, 5.74) is 2.16. The highest BCUT2D eigenvalue weighted by molar-refractivity contribution is 5.91. The van der Waals surface area contributed by atoms with Gasteiger partial charge in [-0.1, -0.05) is 29.8 Å². The first-order valence-electron chi connectivity index (χ1n) is 5.94. The van der Waals surface area contributed by atoms with E-state index in [0.717, 1.165) is 15.8 Å². The van der Waals surface area contributed by atoms with Crippen molar-refractivity contribution >= 4 is 5.91 Å². The molecule has 0 saturated heterocycles.